The molecule has 0 radical (unpaired) electrons. The van der Waals surface area contributed by atoms with Gasteiger partial charge >= 0.3 is 0 Å². The molecule has 1 amide bonds. The fraction of sp³-hybridized carbons (Fsp3) is 0.105. The first kappa shape index (κ1) is 16.4. The number of carbonyl (C=O) groups is 1. The number of ether oxygens (including phenoxy) is 1. The standard InChI is InChI=1S/C19H18N4O2/c1-23(14-8-4-3-5-9-14)19-20-13-12-16(22-19)18(24)21-15-10-6-7-11-17(15)25-2/h3-13H,1-2H3,(H,21,24). The lowest BCUT2D eigenvalue weighted by atomic mass is 10.2. The third kappa shape index (κ3) is 3.74. The first-order valence-electron chi connectivity index (χ1n) is 7.75. The highest BCUT2D eigenvalue weighted by Crippen LogP contribution is 2.24. The molecule has 126 valence electrons. The van der Waals surface area contributed by atoms with Crippen molar-refractivity contribution in [3.05, 3.63) is 72.6 Å². The first-order chi connectivity index (χ1) is 12.2. The summed E-state index contributed by atoms with van der Waals surface area (Å²) in [6.07, 6.45) is 1.57. The van der Waals surface area contributed by atoms with Crippen LogP contribution in [0.15, 0.2) is 66.9 Å². The van der Waals surface area contributed by atoms with E-state index in [-0.39, 0.29) is 11.6 Å². The van der Waals surface area contributed by atoms with E-state index in [2.05, 4.69) is 15.3 Å². The molecule has 0 saturated carbocycles. The summed E-state index contributed by atoms with van der Waals surface area (Å²) >= 11 is 0. The maximum Gasteiger partial charge on any atom is 0.274 e. The van der Waals surface area contributed by atoms with Gasteiger partial charge in [-0.05, 0) is 30.3 Å². The van der Waals surface area contributed by atoms with Gasteiger partial charge in [-0.1, -0.05) is 30.3 Å². The molecule has 0 aliphatic carbocycles. The molecule has 3 rings (SSSR count). The van der Waals surface area contributed by atoms with Crippen molar-refractivity contribution in [3.63, 3.8) is 0 Å². The Morgan fingerprint density at radius 3 is 2.52 bits per heavy atom. The van der Waals surface area contributed by atoms with E-state index >= 15 is 0 Å². The minimum Gasteiger partial charge on any atom is -0.495 e. The molecule has 0 aliphatic heterocycles. The molecule has 1 aromatic heterocycles. The van der Waals surface area contributed by atoms with Crippen molar-refractivity contribution < 1.29 is 9.53 Å². The molecule has 2 aromatic carbocycles. The van der Waals surface area contributed by atoms with Crippen LogP contribution in [0.1, 0.15) is 10.5 Å². The monoisotopic (exact) mass is 334 g/mol. The van der Waals surface area contributed by atoms with E-state index in [1.165, 1.54) is 0 Å². The average molecular weight is 334 g/mol. The van der Waals surface area contributed by atoms with Crippen LogP contribution in [-0.4, -0.2) is 30.0 Å². The molecular weight excluding hydrogens is 316 g/mol. The van der Waals surface area contributed by atoms with Crippen LogP contribution in [0.3, 0.4) is 0 Å². The second kappa shape index (κ2) is 7.44. The second-order valence-corrected chi connectivity index (χ2v) is 5.29. The topological polar surface area (TPSA) is 67.3 Å². The number of hydrogen-bond acceptors (Lipinski definition) is 5. The predicted octanol–water partition coefficient (Wildman–Crippen LogP) is 3.51. The lowest BCUT2D eigenvalue weighted by Gasteiger charge is -2.17. The van der Waals surface area contributed by atoms with Crippen molar-refractivity contribution >= 4 is 23.2 Å². The normalized spacial score (nSPS) is 10.2. The van der Waals surface area contributed by atoms with Gasteiger partial charge in [0, 0.05) is 18.9 Å². The number of rotatable bonds is 5. The van der Waals surface area contributed by atoms with Crippen LogP contribution in [0.25, 0.3) is 0 Å². The minimum absolute atomic E-state index is 0.277. The van der Waals surface area contributed by atoms with Gasteiger partial charge in [0.15, 0.2) is 0 Å². The SMILES string of the molecule is COc1ccccc1NC(=O)c1ccnc(N(C)c2ccccc2)n1. The van der Waals surface area contributed by atoms with Crippen LogP contribution < -0.4 is 15.0 Å². The molecule has 0 saturated heterocycles. The lowest BCUT2D eigenvalue weighted by molar-refractivity contribution is 0.102. The Morgan fingerprint density at radius 1 is 1.04 bits per heavy atom. The van der Waals surface area contributed by atoms with Crippen LogP contribution in [0.2, 0.25) is 0 Å². The number of hydrogen-bond donors (Lipinski definition) is 1. The third-order valence-corrected chi connectivity index (χ3v) is 3.67. The van der Waals surface area contributed by atoms with E-state index in [4.69, 9.17) is 4.74 Å². The van der Waals surface area contributed by atoms with E-state index in [0.29, 0.717) is 17.4 Å². The van der Waals surface area contributed by atoms with E-state index in [1.807, 2.05) is 54.4 Å². The Kier molecular flexibility index (Phi) is 4.89. The van der Waals surface area contributed by atoms with Gasteiger partial charge in [-0.25, -0.2) is 9.97 Å². The largest absolute Gasteiger partial charge is 0.495 e. The first-order valence-corrected chi connectivity index (χ1v) is 7.75. The highest BCUT2D eigenvalue weighted by molar-refractivity contribution is 6.03. The summed E-state index contributed by atoms with van der Waals surface area (Å²) in [6.45, 7) is 0. The molecular formula is C19H18N4O2. The van der Waals surface area contributed by atoms with E-state index in [0.717, 1.165) is 5.69 Å². The number of aromatic nitrogens is 2. The van der Waals surface area contributed by atoms with Gasteiger partial charge in [0.1, 0.15) is 11.4 Å². The summed E-state index contributed by atoms with van der Waals surface area (Å²) in [7, 11) is 3.41. The molecule has 6 heteroatoms. The molecule has 0 fully saturated rings. The summed E-state index contributed by atoms with van der Waals surface area (Å²) in [5.41, 5.74) is 1.80. The third-order valence-electron chi connectivity index (χ3n) is 3.67. The van der Waals surface area contributed by atoms with Gasteiger partial charge in [-0.3, -0.25) is 4.79 Å². The van der Waals surface area contributed by atoms with Gasteiger partial charge in [0.05, 0.1) is 12.8 Å². The van der Waals surface area contributed by atoms with Crippen LogP contribution in [0.4, 0.5) is 17.3 Å². The fourth-order valence-electron chi connectivity index (χ4n) is 2.34. The van der Waals surface area contributed by atoms with Crippen molar-refractivity contribution in [2.75, 3.05) is 24.4 Å². The van der Waals surface area contributed by atoms with Crippen LogP contribution in [0, 0.1) is 0 Å². The zero-order valence-corrected chi connectivity index (χ0v) is 14.0. The molecule has 0 aliphatic rings. The molecule has 0 atom stereocenters. The van der Waals surface area contributed by atoms with Gasteiger partial charge in [0.25, 0.3) is 5.91 Å². The molecule has 0 unspecified atom stereocenters. The number of benzene rings is 2. The van der Waals surface area contributed by atoms with Crippen molar-refractivity contribution in [2.24, 2.45) is 0 Å². The highest BCUT2D eigenvalue weighted by Gasteiger charge is 2.14. The van der Waals surface area contributed by atoms with Gasteiger partial charge in [0.2, 0.25) is 5.95 Å². The summed E-state index contributed by atoms with van der Waals surface area (Å²) in [5.74, 6) is 0.708. The van der Waals surface area contributed by atoms with Gasteiger partial charge in [-0.2, -0.15) is 0 Å². The minimum atomic E-state index is -0.324. The predicted molar refractivity (Wildman–Crippen MR) is 97.5 cm³/mol. The molecule has 0 spiro atoms. The Bertz CT molecular complexity index is 868. The van der Waals surface area contributed by atoms with Gasteiger partial charge < -0.3 is 15.0 Å². The maximum absolute atomic E-state index is 12.5. The Morgan fingerprint density at radius 2 is 1.76 bits per heavy atom. The molecule has 1 N–H and O–H groups in total. The quantitative estimate of drug-likeness (QED) is 0.773. The van der Waals surface area contributed by atoms with Crippen molar-refractivity contribution in [1.29, 1.82) is 0 Å². The van der Waals surface area contributed by atoms with Crippen molar-refractivity contribution in [3.8, 4) is 5.75 Å². The fourth-order valence-corrected chi connectivity index (χ4v) is 2.34. The average Bonchev–Trinajstić information content (AvgIpc) is 2.68. The molecule has 0 bridgehead atoms. The van der Waals surface area contributed by atoms with Gasteiger partial charge in [-0.15, -0.1) is 0 Å². The number of para-hydroxylation sites is 3. The number of methoxy groups -OCH3 is 1. The smallest absolute Gasteiger partial charge is 0.274 e. The molecule has 25 heavy (non-hydrogen) atoms. The number of anilines is 3. The Balaban J connectivity index is 1.82. The lowest BCUT2D eigenvalue weighted by Crippen LogP contribution is -2.18. The number of nitrogens with one attached hydrogen (secondary N) is 1. The van der Waals surface area contributed by atoms with Crippen molar-refractivity contribution in [2.45, 2.75) is 0 Å². The van der Waals surface area contributed by atoms with Crippen molar-refractivity contribution in [1.82, 2.24) is 9.97 Å². The maximum atomic E-state index is 12.5. The van der Waals surface area contributed by atoms with E-state index in [9.17, 15) is 4.79 Å². The Hall–Kier alpha value is -3.41. The molecule has 3 aromatic rings. The van der Waals surface area contributed by atoms with Crippen LogP contribution in [0.5, 0.6) is 5.75 Å². The Labute approximate surface area is 146 Å². The number of amides is 1. The molecule has 6 nitrogen and oxygen atoms in total. The summed E-state index contributed by atoms with van der Waals surface area (Å²) in [4.78, 5) is 22.9. The zero-order chi connectivity index (χ0) is 17.6. The molecule has 1 heterocycles. The highest BCUT2D eigenvalue weighted by atomic mass is 16.5. The van der Waals surface area contributed by atoms with E-state index in [1.54, 1.807) is 31.5 Å². The second-order valence-electron chi connectivity index (χ2n) is 5.29. The summed E-state index contributed by atoms with van der Waals surface area (Å²) in [5, 5.41) is 2.81. The summed E-state index contributed by atoms with van der Waals surface area (Å²) in [6, 6.07) is 18.5. The number of nitrogens with zero attached hydrogens (tertiary/aromatic N) is 3. The zero-order valence-electron chi connectivity index (χ0n) is 14.0. The summed E-state index contributed by atoms with van der Waals surface area (Å²) < 4.78 is 5.25. The van der Waals surface area contributed by atoms with Crippen LogP contribution >= 0.6 is 0 Å². The van der Waals surface area contributed by atoms with Crippen LogP contribution in [-0.2, 0) is 0 Å². The van der Waals surface area contributed by atoms with E-state index < -0.39 is 0 Å². The number of carbonyl (C=O) groups excluding carboxylic acids is 1.